The van der Waals surface area contributed by atoms with E-state index in [2.05, 4.69) is 44.4 Å². The average molecular weight is 389 g/mol. The Balaban J connectivity index is 1.98. The average Bonchev–Trinajstić information content (AvgIpc) is 2.75. The van der Waals surface area contributed by atoms with Gasteiger partial charge in [-0.3, -0.25) is 0 Å². The summed E-state index contributed by atoms with van der Waals surface area (Å²) in [6, 6.07) is 14.0. The first-order chi connectivity index (χ1) is 14.0. The topological polar surface area (TPSA) is 35.5 Å². The molecule has 0 saturated heterocycles. The number of carbonyl (C=O) groups excluding carboxylic acids is 1. The van der Waals surface area contributed by atoms with Crippen LogP contribution in [0, 0.1) is 17.8 Å². The number of rotatable bonds is 8. The summed E-state index contributed by atoms with van der Waals surface area (Å²) in [7, 11) is 1.58. The normalized spacial score (nSPS) is 11.4. The van der Waals surface area contributed by atoms with Crippen molar-refractivity contribution in [3.8, 4) is 23.3 Å². The van der Waals surface area contributed by atoms with Crippen LogP contribution in [0.2, 0.25) is 0 Å². The zero-order chi connectivity index (χ0) is 21.1. The zero-order valence-electron chi connectivity index (χ0n) is 17.4. The van der Waals surface area contributed by atoms with E-state index in [0.29, 0.717) is 17.1 Å². The predicted molar refractivity (Wildman–Crippen MR) is 118 cm³/mol. The standard InChI is InChI=1S/C26H28O3/c1-5-7-20(3)8-9-21(6-2)10-11-22-12-16-25(17-13-22)29-26(27)23-14-18-24(28-4)19-15-23/h8-9,12-19,21H,3,5-7H2,1-2,4H3/b9-8-. The van der Waals surface area contributed by atoms with Crippen LogP contribution in [0.15, 0.2) is 72.8 Å². The fourth-order valence-electron chi connectivity index (χ4n) is 2.62. The largest absolute Gasteiger partial charge is 0.497 e. The highest BCUT2D eigenvalue weighted by atomic mass is 16.5. The summed E-state index contributed by atoms with van der Waals surface area (Å²) in [5.41, 5.74) is 2.49. The molecule has 2 aromatic rings. The van der Waals surface area contributed by atoms with Crippen molar-refractivity contribution >= 4 is 5.97 Å². The van der Waals surface area contributed by atoms with E-state index < -0.39 is 5.97 Å². The fraction of sp³-hybridized carbons (Fsp3) is 0.269. The van der Waals surface area contributed by atoms with Crippen molar-refractivity contribution in [1.29, 1.82) is 0 Å². The molecule has 2 rings (SSSR count). The number of benzene rings is 2. The number of esters is 1. The lowest BCUT2D eigenvalue weighted by Gasteiger charge is -2.05. The summed E-state index contributed by atoms with van der Waals surface area (Å²) in [5, 5.41) is 0. The second kappa shape index (κ2) is 11.6. The molecular formula is C26H28O3. The second-order valence-corrected chi connectivity index (χ2v) is 6.69. The summed E-state index contributed by atoms with van der Waals surface area (Å²) in [6.07, 6.45) is 7.25. The highest BCUT2D eigenvalue weighted by molar-refractivity contribution is 5.91. The van der Waals surface area contributed by atoms with Crippen LogP contribution in [0.5, 0.6) is 11.5 Å². The number of hydrogen-bond donors (Lipinski definition) is 0. The molecule has 0 radical (unpaired) electrons. The molecule has 0 aliphatic carbocycles. The van der Waals surface area contributed by atoms with Gasteiger partial charge in [0, 0.05) is 11.5 Å². The Morgan fingerprint density at radius 1 is 1.07 bits per heavy atom. The molecule has 3 heteroatoms. The Morgan fingerprint density at radius 3 is 2.31 bits per heavy atom. The summed E-state index contributed by atoms with van der Waals surface area (Å²) < 4.78 is 10.5. The van der Waals surface area contributed by atoms with Gasteiger partial charge in [0.05, 0.1) is 12.7 Å². The van der Waals surface area contributed by atoms with E-state index in [1.165, 1.54) is 0 Å². The van der Waals surface area contributed by atoms with E-state index >= 15 is 0 Å². The number of allylic oxidation sites excluding steroid dienone is 3. The van der Waals surface area contributed by atoms with Crippen LogP contribution in [0.1, 0.15) is 49.0 Å². The van der Waals surface area contributed by atoms with Crippen LogP contribution in [0.4, 0.5) is 0 Å². The SMILES string of the molecule is C=C(/C=C\C(C#Cc1ccc(OC(=O)c2ccc(OC)cc2)cc1)CC)CCC. The molecule has 0 aromatic heterocycles. The van der Waals surface area contributed by atoms with Gasteiger partial charge in [-0.2, -0.15) is 0 Å². The van der Waals surface area contributed by atoms with Crippen LogP contribution < -0.4 is 9.47 Å². The van der Waals surface area contributed by atoms with Gasteiger partial charge in [-0.1, -0.05) is 56.4 Å². The summed E-state index contributed by atoms with van der Waals surface area (Å²) >= 11 is 0. The molecule has 0 bridgehead atoms. The molecule has 0 fully saturated rings. The highest BCUT2D eigenvalue weighted by Crippen LogP contribution is 2.16. The van der Waals surface area contributed by atoms with Gasteiger partial charge in [0.15, 0.2) is 0 Å². The Bertz CT molecular complexity index is 894. The summed E-state index contributed by atoms with van der Waals surface area (Å²) in [4.78, 5) is 12.2. The summed E-state index contributed by atoms with van der Waals surface area (Å²) in [5.74, 6) is 7.44. The molecule has 0 heterocycles. The Morgan fingerprint density at radius 2 is 1.72 bits per heavy atom. The van der Waals surface area contributed by atoms with Crippen LogP contribution >= 0.6 is 0 Å². The quantitative estimate of drug-likeness (QED) is 0.234. The van der Waals surface area contributed by atoms with Crippen LogP contribution in [-0.4, -0.2) is 13.1 Å². The molecule has 3 nitrogen and oxygen atoms in total. The molecule has 2 aromatic carbocycles. The molecule has 1 unspecified atom stereocenters. The van der Waals surface area contributed by atoms with Gasteiger partial charge in [-0.25, -0.2) is 4.79 Å². The van der Waals surface area contributed by atoms with Gasteiger partial charge in [-0.05, 0) is 61.4 Å². The minimum atomic E-state index is -0.407. The molecule has 29 heavy (non-hydrogen) atoms. The van der Waals surface area contributed by atoms with Crippen molar-refractivity contribution in [2.75, 3.05) is 7.11 Å². The first-order valence-electron chi connectivity index (χ1n) is 9.89. The molecule has 0 aliphatic rings. The lowest BCUT2D eigenvalue weighted by molar-refractivity contribution is 0.0734. The molecule has 0 spiro atoms. The third-order valence-corrected chi connectivity index (χ3v) is 4.37. The summed E-state index contributed by atoms with van der Waals surface area (Å²) in [6.45, 7) is 8.32. The van der Waals surface area contributed by atoms with E-state index in [0.717, 1.165) is 30.4 Å². The zero-order valence-corrected chi connectivity index (χ0v) is 17.4. The first kappa shape index (κ1) is 22.0. The first-order valence-corrected chi connectivity index (χ1v) is 9.89. The maximum absolute atomic E-state index is 12.2. The van der Waals surface area contributed by atoms with E-state index in [4.69, 9.17) is 9.47 Å². The van der Waals surface area contributed by atoms with Crippen molar-refractivity contribution in [3.05, 3.63) is 84.0 Å². The fourth-order valence-corrected chi connectivity index (χ4v) is 2.62. The Kier molecular flexibility index (Phi) is 8.79. The monoisotopic (exact) mass is 388 g/mol. The Hall–Kier alpha value is -3.25. The third-order valence-electron chi connectivity index (χ3n) is 4.37. The Labute approximate surface area is 174 Å². The van der Waals surface area contributed by atoms with Crippen molar-refractivity contribution in [3.63, 3.8) is 0 Å². The lowest BCUT2D eigenvalue weighted by Crippen LogP contribution is -2.08. The molecule has 0 saturated carbocycles. The van der Waals surface area contributed by atoms with Gasteiger partial charge < -0.3 is 9.47 Å². The number of hydrogen-bond acceptors (Lipinski definition) is 3. The van der Waals surface area contributed by atoms with Crippen molar-refractivity contribution < 1.29 is 14.3 Å². The van der Waals surface area contributed by atoms with E-state index in [9.17, 15) is 4.79 Å². The van der Waals surface area contributed by atoms with E-state index in [1.54, 1.807) is 43.5 Å². The van der Waals surface area contributed by atoms with Gasteiger partial charge in [-0.15, -0.1) is 0 Å². The van der Waals surface area contributed by atoms with Crippen molar-refractivity contribution in [2.24, 2.45) is 5.92 Å². The third kappa shape index (κ3) is 7.35. The van der Waals surface area contributed by atoms with Gasteiger partial charge >= 0.3 is 5.97 Å². The van der Waals surface area contributed by atoms with Gasteiger partial charge in [0.25, 0.3) is 0 Å². The van der Waals surface area contributed by atoms with Crippen LogP contribution in [-0.2, 0) is 0 Å². The second-order valence-electron chi connectivity index (χ2n) is 6.69. The predicted octanol–water partition coefficient (Wildman–Crippen LogP) is 6.20. The molecule has 150 valence electrons. The maximum Gasteiger partial charge on any atom is 0.343 e. The van der Waals surface area contributed by atoms with E-state index in [-0.39, 0.29) is 5.92 Å². The molecule has 1 atom stereocenters. The number of carbonyl (C=O) groups is 1. The van der Waals surface area contributed by atoms with Crippen molar-refractivity contribution in [2.45, 2.75) is 33.1 Å². The number of ether oxygens (including phenoxy) is 2. The van der Waals surface area contributed by atoms with Crippen molar-refractivity contribution in [1.82, 2.24) is 0 Å². The lowest BCUT2D eigenvalue weighted by atomic mass is 10.0. The highest BCUT2D eigenvalue weighted by Gasteiger charge is 2.08. The molecular weight excluding hydrogens is 360 g/mol. The number of methoxy groups -OCH3 is 1. The maximum atomic E-state index is 12.2. The van der Waals surface area contributed by atoms with Crippen LogP contribution in [0.25, 0.3) is 0 Å². The van der Waals surface area contributed by atoms with E-state index in [1.807, 2.05) is 12.1 Å². The molecule has 0 N–H and O–H groups in total. The molecule has 0 aliphatic heterocycles. The smallest absolute Gasteiger partial charge is 0.343 e. The minimum Gasteiger partial charge on any atom is -0.497 e. The molecule has 0 amide bonds. The minimum absolute atomic E-state index is 0.191. The van der Waals surface area contributed by atoms with Gasteiger partial charge in [0.2, 0.25) is 0 Å². The van der Waals surface area contributed by atoms with Crippen LogP contribution in [0.3, 0.4) is 0 Å². The van der Waals surface area contributed by atoms with Gasteiger partial charge in [0.1, 0.15) is 11.5 Å².